The summed E-state index contributed by atoms with van der Waals surface area (Å²) in [7, 11) is -4.77. The number of phosphoric acid groups is 1. The van der Waals surface area contributed by atoms with E-state index in [0.29, 0.717) is 6.07 Å². The van der Waals surface area contributed by atoms with E-state index in [1.165, 1.54) is 0 Å². The van der Waals surface area contributed by atoms with E-state index in [2.05, 4.69) is 8.94 Å². The number of aromatic hydroxyl groups is 1. The lowest BCUT2D eigenvalue weighted by molar-refractivity contribution is 0.103. The van der Waals surface area contributed by atoms with Crippen molar-refractivity contribution in [3.05, 3.63) is 69.6 Å². The maximum Gasteiger partial charge on any atom is 0.524 e. The average molecular weight is 398 g/mol. The first kappa shape index (κ1) is 18.7. The zero-order valence-corrected chi connectivity index (χ0v) is 13.9. The zero-order valence-electron chi connectivity index (χ0n) is 13.1. The number of phenolic OH excluding ortho intramolecular Hbond substituents is 1. The van der Waals surface area contributed by atoms with Crippen LogP contribution in [0.5, 0.6) is 11.5 Å². The molecular formula is C16H9F2O8P. The molecule has 0 aliphatic heterocycles. The number of phenols is 1. The number of ketones is 1. The molecule has 140 valence electrons. The molecule has 0 spiro atoms. The van der Waals surface area contributed by atoms with Gasteiger partial charge in [-0.25, -0.2) is 13.8 Å². The molecular weight excluding hydrogens is 389 g/mol. The Bertz CT molecular complexity index is 1160. The van der Waals surface area contributed by atoms with Crippen LogP contribution in [0.4, 0.5) is 8.78 Å². The maximum absolute atomic E-state index is 13.8. The van der Waals surface area contributed by atoms with Crippen LogP contribution in [0.2, 0.25) is 0 Å². The predicted molar refractivity (Wildman–Crippen MR) is 86.6 cm³/mol. The summed E-state index contributed by atoms with van der Waals surface area (Å²) >= 11 is 0. The highest BCUT2D eigenvalue weighted by atomic mass is 31.2. The zero-order chi connectivity index (χ0) is 19.9. The van der Waals surface area contributed by atoms with E-state index in [-0.39, 0.29) is 16.7 Å². The highest BCUT2D eigenvalue weighted by Crippen LogP contribution is 2.37. The highest BCUT2D eigenvalue weighted by Gasteiger charge is 2.21. The third-order valence-corrected chi connectivity index (χ3v) is 3.93. The summed E-state index contributed by atoms with van der Waals surface area (Å²) < 4.78 is 47.0. The lowest BCUT2D eigenvalue weighted by Crippen LogP contribution is -2.15. The highest BCUT2D eigenvalue weighted by molar-refractivity contribution is 7.46. The number of rotatable bonds is 4. The molecule has 8 nitrogen and oxygen atoms in total. The molecule has 2 aromatic carbocycles. The standard InChI is InChI=1S/C16H9F2O8P/c17-11-6-8-5-10(16(21)25-15(8)12(18)14(11)20)13(19)7-1-3-9(4-2-7)26-27(22,23)24/h1-6,20H,(H2,22,23,24). The van der Waals surface area contributed by atoms with Crippen molar-refractivity contribution in [1.29, 1.82) is 0 Å². The van der Waals surface area contributed by atoms with Gasteiger partial charge >= 0.3 is 13.4 Å². The smallest absolute Gasteiger partial charge is 0.503 e. The number of benzene rings is 2. The van der Waals surface area contributed by atoms with Gasteiger partial charge in [0.15, 0.2) is 22.9 Å². The molecule has 3 N–H and O–H groups in total. The fourth-order valence-electron chi connectivity index (χ4n) is 2.30. The molecule has 0 aliphatic carbocycles. The first-order valence-corrected chi connectivity index (χ1v) is 8.64. The van der Waals surface area contributed by atoms with Gasteiger partial charge in [-0.3, -0.25) is 14.6 Å². The lowest BCUT2D eigenvalue weighted by atomic mass is 10.0. The Balaban J connectivity index is 2.03. The maximum atomic E-state index is 13.8. The number of carbonyl (C=O) groups is 1. The molecule has 0 amide bonds. The molecule has 0 radical (unpaired) electrons. The van der Waals surface area contributed by atoms with Crippen LogP contribution in [0.3, 0.4) is 0 Å². The van der Waals surface area contributed by atoms with Crippen LogP contribution < -0.4 is 10.1 Å². The summed E-state index contributed by atoms with van der Waals surface area (Å²) in [4.78, 5) is 41.9. The molecule has 11 heteroatoms. The molecule has 3 aromatic rings. The Morgan fingerprint density at radius 1 is 1.11 bits per heavy atom. The molecule has 1 heterocycles. The molecule has 27 heavy (non-hydrogen) atoms. The Hall–Kier alpha value is -3.07. The van der Waals surface area contributed by atoms with E-state index >= 15 is 0 Å². The number of phosphoric ester groups is 1. The monoisotopic (exact) mass is 398 g/mol. The number of hydrogen-bond donors (Lipinski definition) is 3. The van der Waals surface area contributed by atoms with Crippen LogP contribution in [-0.4, -0.2) is 20.7 Å². The molecule has 3 rings (SSSR count). The molecule has 0 unspecified atom stereocenters. The van der Waals surface area contributed by atoms with Crippen molar-refractivity contribution in [1.82, 2.24) is 0 Å². The summed E-state index contributed by atoms with van der Waals surface area (Å²) in [5, 5.41) is 8.95. The summed E-state index contributed by atoms with van der Waals surface area (Å²) in [6.45, 7) is 0. The predicted octanol–water partition coefficient (Wildman–Crippen LogP) is 2.48. The molecule has 0 saturated carbocycles. The Morgan fingerprint density at radius 2 is 1.74 bits per heavy atom. The minimum Gasteiger partial charge on any atom is -0.503 e. The Labute approximate surface area is 148 Å². The van der Waals surface area contributed by atoms with E-state index in [9.17, 15) is 28.0 Å². The van der Waals surface area contributed by atoms with Crippen LogP contribution in [0.1, 0.15) is 15.9 Å². The van der Waals surface area contributed by atoms with Gasteiger partial charge in [0.25, 0.3) is 0 Å². The Morgan fingerprint density at radius 3 is 2.33 bits per heavy atom. The second-order valence-electron chi connectivity index (χ2n) is 5.32. The van der Waals surface area contributed by atoms with Crippen LogP contribution in [-0.2, 0) is 4.57 Å². The van der Waals surface area contributed by atoms with Crippen LogP contribution in [0, 0.1) is 11.6 Å². The van der Waals surface area contributed by atoms with Gasteiger partial charge in [-0.1, -0.05) is 0 Å². The van der Waals surface area contributed by atoms with E-state index in [4.69, 9.17) is 9.79 Å². The second kappa shape index (κ2) is 6.58. The van der Waals surface area contributed by atoms with E-state index in [0.717, 1.165) is 30.3 Å². The third kappa shape index (κ3) is 3.72. The number of halogens is 2. The van der Waals surface area contributed by atoms with Crippen molar-refractivity contribution in [2.45, 2.75) is 0 Å². The quantitative estimate of drug-likeness (QED) is 0.347. The number of fused-ring (bicyclic) bond motifs is 1. The summed E-state index contributed by atoms with van der Waals surface area (Å²) in [6.07, 6.45) is 0. The first-order chi connectivity index (χ1) is 12.6. The van der Waals surface area contributed by atoms with Gasteiger partial charge in [0.05, 0.1) is 0 Å². The van der Waals surface area contributed by atoms with E-state index in [1.54, 1.807) is 0 Å². The van der Waals surface area contributed by atoms with E-state index in [1.807, 2.05) is 0 Å². The number of hydrogen-bond acceptors (Lipinski definition) is 6. The van der Waals surface area contributed by atoms with Gasteiger partial charge in [-0.05, 0) is 36.4 Å². The van der Waals surface area contributed by atoms with Crippen molar-refractivity contribution >= 4 is 24.6 Å². The Kier molecular flexibility index (Phi) is 4.56. The largest absolute Gasteiger partial charge is 0.524 e. The number of carbonyl (C=O) groups excluding carboxylic acids is 1. The molecule has 0 bridgehead atoms. The average Bonchev–Trinajstić information content (AvgIpc) is 2.59. The normalized spacial score (nSPS) is 11.6. The van der Waals surface area contributed by atoms with Crippen molar-refractivity contribution in [2.75, 3.05) is 0 Å². The minimum atomic E-state index is -4.77. The fraction of sp³-hybridized carbons (Fsp3) is 0. The van der Waals surface area contributed by atoms with Crippen molar-refractivity contribution in [3.63, 3.8) is 0 Å². The second-order valence-corrected chi connectivity index (χ2v) is 6.49. The van der Waals surface area contributed by atoms with Gasteiger partial charge in [0.1, 0.15) is 11.3 Å². The van der Waals surface area contributed by atoms with Crippen molar-refractivity contribution in [2.24, 2.45) is 0 Å². The van der Waals surface area contributed by atoms with Gasteiger partial charge in [-0.2, -0.15) is 4.39 Å². The van der Waals surface area contributed by atoms with Crippen LogP contribution >= 0.6 is 7.82 Å². The van der Waals surface area contributed by atoms with Gasteiger partial charge in [0, 0.05) is 10.9 Å². The first-order valence-electron chi connectivity index (χ1n) is 7.11. The lowest BCUT2D eigenvalue weighted by Gasteiger charge is -2.07. The summed E-state index contributed by atoms with van der Waals surface area (Å²) in [6, 6.07) is 6.06. The van der Waals surface area contributed by atoms with Gasteiger partial charge < -0.3 is 14.0 Å². The molecule has 0 aliphatic rings. The van der Waals surface area contributed by atoms with Gasteiger partial charge in [0.2, 0.25) is 5.82 Å². The van der Waals surface area contributed by atoms with Gasteiger partial charge in [-0.15, -0.1) is 0 Å². The summed E-state index contributed by atoms with van der Waals surface area (Å²) in [5.74, 6) is -5.16. The van der Waals surface area contributed by atoms with Crippen LogP contribution in [0.25, 0.3) is 11.0 Å². The molecule has 1 aromatic heterocycles. The van der Waals surface area contributed by atoms with Crippen LogP contribution in [0.15, 0.2) is 45.6 Å². The minimum absolute atomic E-state index is 0.0700. The molecule has 0 fully saturated rings. The SMILES string of the molecule is O=C(c1ccc(OP(=O)(O)O)cc1)c1cc2cc(F)c(O)c(F)c2oc1=O. The van der Waals surface area contributed by atoms with Crippen molar-refractivity contribution < 1.29 is 42.0 Å². The molecule has 0 saturated heterocycles. The van der Waals surface area contributed by atoms with E-state index < -0.39 is 47.8 Å². The van der Waals surface area contributed by atoms with Crippen molar-refractivity contribution in [3.8, 4) is 11.5 Å². The summed E-state index contributed by atoms with van der Waals surface area (Å²) in [5.41, 5.74) is -2.52. The molecule has 0 atom stereocenters. The fourth-order valence-corrected chi connectivity index (χ4v) is 2.70. The third-order valence-electron chi connectivity index (χ3n) is 3.48. The topological polar surface area (TPSA) is 134 Å².